The molecule has 2 aromatic rings. The van der Waals surface area contributed by atoms with Crippen LogP contribution in [0.15, 0.2) is 42.5 Å². The fourth-order valence-corrected chi connectivity index (χ4v) is 2.13. The lowest BCUT2D eigenvalue weighted by Crippen LogP contribution is -2.15. The van der Waals surface area contributed by atoms with Crippen molar-refractivity contribution in [3.05, 3.63) is 59.2 Å². The molecule has 0 saturated heterocycles. The van der Waals surface area contributed by atoms with Gasteiger partial charge in [-0.1, -0.05) is 30.3 Å². The van der Waals surface area contributed by atoms with Gasteiger partial charge in [0.25, 0.3) is 0 Å². The fraction of sp³-hybridized carbons (Fsp3) is 0.125. The Morgan fingerprint density at radius 3 is 2.30 bits per heavy atom. The van der Waals surface area contributed by atoms with E-state index < -0.39 is 11.6 Å². The highest BCUT2D eigenvalue weighted by molar-refractivity contribution is 6.49. The van der Waals surface area contributed by atoms with E-state index in [2.05, 4.69) is 0 Å². The van der Waals surface area contributed by atoms with E-state index in [9.17, 15) is 9.59 Å². The molecule has 0 unspecified atom stereocenters. The molecule has 1 aliphatic rings. The van der Waals surface area contributed by atoms with Crippen LogP contribution in [0, 0.1) is 6.92 Å². The number of carbonyl (C=O) groups excluding carboxylic acids is 2. The van der Waals surface area contributed by atoms with Crippen molar-refractivity contribution in [1.82, 2.24) is 0 Å². The van der Waals surface area contributed by atoms with Crippen LogP contribution in [0.2, 0.25) is 0 Å². The van der Waals surface area contributed by atoms with Gasteiger partial charge in [0.2, 0.25) is 18.4 Å². The molecule has 0 amide bonds. The molecule has 0 atom stereocenters. The third kappa shape index (κ3) is 2.05. The van der Waals surface area contributed by atoms with Gasteiger partial charge >= 0.3 is 0 Å². The number of fused-ring (bicyclic) bond motifs is 1. The van der Waals surface area contributed by atoms with Crippen LogP contribution in [0.1, 0.15) is 26.3 Å². The van der Waals surface area contributed by atoms with Crippen molar-refractivity contribution in [2.45, 2.75) is 6.92 Å². The number of ketones is 2. The smallest absolute Gasteiger partial charge is 0.233 e. The van der Waals surface area contributed by atoms with Crippen molar-refractivity contribution >= 4 is 11.6 Å². The molecular formula is C16H12O4. The van der Waals surface area contributed by atoms with Gasteiger partial charge in [-0.25, -0.2) is 0 Å². The summed E-state index contributed by atoms with van der Waals surface area (Å²) >= 11 is 0. The summed E-state index contributed by atoms with van der Waals surface area (Å²) in [5, 5.41) is 0. The third-order valence-corrected chi connectivity index (χ3v) is 3.21. The third-order valence-electron chi connectivity index (χ3n) is 3.21. The number of ether oxygens (including phenoxy) is 2. The van der Waals surface area contributed by atoms with Gasteiger partial charge in [-0.05, 0) is 24.6 Å². The fourth-order valence-electron chi connectivity index (χ4n) is 2.13. The van der Waals surface area contributed by atoms with Crippen molar-refractivity contribution in [1.29, 1.82) is 0 Å². The van der Waals surface area contributed by atoms with Crippen molar-refractivity contribution in [3.8, 4) is 11.5 Å². The van der Waals surface area contributed by atoms with E-state index in [-0.39, 0.29) is 6.79 Å². The summed E-state index contributed by atoms with van der Waals surface area (Å²) < 4.78 is 10.5. The molecule has 3 rings (SSSR count). The van der Waals surface area contributed by atoms with Crippen LogP contribution in [0.4, 0.5) is 0 Å². The van der Waals surface area contributed by atoms with Crippen LogP contribution >= 0.6 is 0 Å². The molecule has 0 spiro atoms. The molecule has 0 aliphatic carbocycles. The number of rotatable bonds is 3. The lowest BCUT2D eigenvalue weighted by molar-refractivity contribution is 0.0816. The molecule has 4 heteroatoms. The first kappa shape index (κ1) is 12.4. The second-order valence-electron chi connectivity index (χ2n) is 4.54. The second kappa shape index (κ2) is 4.81. The van der Waals surface area contributed by atoms with Crippen LogP contribution in [-0.4, -0.2) is 18.4 Å². The molecule has 0 fully saturated rings. The second-order valence-corrected chi connectivity index (χ2v) is 4.54. The molecule has 0 aromatic heterocycles. The number of benzene rings is 2. The quantitative estimate of drug-likeness (QED) is 0.634. The molecule has 0 bridgehead atoms. The molecule has 0 N–H and O–H groups in total. The zero-order valence-electron chi connectivity index (χ0n) is 10.9. The largest absolute Gasteiger partial charge is 0.454 e. The Hall–Kier alpha value is -2.62. The Labute approximate surface area is 115 Å². The van der Waals surface area contributed by atoms with Crippen LogP contribution in [0.3, 0.4) is 0 Å². The van der Waals surface area contributed by atoms with Gasteiger partial charge in [-0.2, -0.15) is 0 Å². The lowest BCUT2D eigenvalue weighted by Gasteiger charge is -2.06. The average molecular weight is 268 g/mol. The summed E-state index contributed by atoms with van der Waals surface area (Å²) in [6.45, 7) is 1.91. The first-order chi connectivity index (χ1) is 9.66. The summed E-state index contributed by atoms with van der Waals surface area (Å²) in [6.07, 6.45) is 0. The summed E-state index contributed by atoms with van der Waals surface area (Å²) in [5.74, 6) is 0.0468. The zero-order valence-corrected chi connectivity index (χ0v) is 10.9. The molecule has 0 radical (unpaired) electrons. The Balaban J connectivity index is 1.97. The van der Waals surface area contributed by atoms with Crippen molar-refractivity contribution in [2.75, 3.05) is 6.79 Å². The molecular weight excluding hydrogens is 256 g/mol. The van der Waals surface area contributed by atoms with E-state index in [1.165, 1.54) is 0 Å². The van der Waals surface area contributed by atoms with E-state index in [1.54, 1.807) is 49.4 Å². The van der Waals surface area contributed by atoms with E-state index in [4.69, 9.17) is 9.47 Å². The lowest BCUT2D eigenvalue weighted by atomic mass is 9.97. The van der Waals surface area contributed by atoms with E-state index in [0.717, 1.165) is 0 Å². The Kier molecular flexibility index (Phi) is 2.99. The maximum absolute atomic E-state index is 12.3. The van der Waals surface area contributed by atoms with E-state index in [0.29, 0.717) is 28.2 Å². The summed E-state index contributed by atoms with van der Waals surface area (Å²) in [7, 11) is 0. The predicted molar refractivity (Wildman–Crippen MR) is 72.4 cm³/mol. The monoisotopic (exact) mass is 268 g/mol. The number of Topliss-reactive ketones (excluding diaryl/α,β-unsaturated/α-hetero) is 2. The number of hydrogen-bond donors (Lipinski definition) is 0. The van der Waals surface area contributed by atoms with Gasteiger partial charge in [0.15, 0.2) is 11.5 Å². The van der Waals surface area contributed by atoms with Crippen molar-refractivity contribution < 1.29 is 19.1 Å². The van der Waals surface area contributed by atoms with Gasteiger partial charge in [0, 0.05) is 11.1 Å². The Morgan fingerprint density at radius 1 is 0.950 bits per heavy atom. The summed E-state index contributed by atoms with van der Waals surface area (Å²) in [6, 6.07) is 11.8. The van der Waals surface area contributed by atoms with Crippen LogP contribution in [0.5, 0.6) is 11.5 Å². The van der Waals surface area contributed by atoms with Gasteiger partial charge in [-0.3, -0.25) is 9.59 Å². The average Bonchev–Trinajstić information content (AvgIpc) is 2.93. The first-order valence-corrected chi connectivity index (χ1v) is 6.21. The Bertz CT molecular complexity index is 689. The number of carbonyl (C=O) groups is 2. The highest BCUT2D eigenvalue weighted by Gasteiger charge is 2.24. The first-order valence-electron chi connectivity index (χ1n) is 6.21. The summed E-state index contributed by atoms with van der Waals surface area (Å²) in [4.78, 5) is 24.5. The number of aryl methyl sites for hydroxylation is 1. The van der Waals surface area contributed by atoms with E-state index >= 15 is 0 Å². The van der Waals surface area contributed by atoms with Gasteiger partial charge in [0.1, 0.15) is 0 Å². The molecule has 1 heterocycles. The van der Waals surface area contributed by atoms with Crippen LogP contribution < -0.4 is 9.47 Å². The Morgan fingerprint density at radius 2 is 1.60 bits per heavy atom. The van der Waals surface area contributed by atoms with E-state index in [1.807, 2.05) is 0 Å². The predicted octanol–water partition coefficient (Wildman–Crippen LogP) is 2.79. The van der Waals surface area contributed by atoms with Crippen molar-refractivity contribution in [2.24, 2.45) is 0 Å². The molecule has 20 heavy (non-hydrogen) atoms. The topological polar surface area (TPSA) is 52.6 Å². The maximum Gasteiger partial charge on any atom is 0.233 e. The molecule has 2 aromatic carbocycles. The molecule has 4 nitrogen and oxygen atoms in total. The summed E-state index contributed by atoms with van der Waals surface area (Å²) in [5.41, 5.74) is 1.43. The van der Waals surface area contributed by atoms with Gasteiger partial charge in [0.05, 0.1) is 0 Å². The highest BCUT2D eigenvalue weighted by atomic mass is 16.7. The van der Waals surface area contributed by atoms with Crippen LogP contribution in [-0.2, 0) is 0 Å². The number of hydrogen-bond acceptors (Lipinski definition) is 4. The van der Waals surface area contributed by atoms with Gasteiger partial charge < -0.3 is 9.47 Å². The normalized spacial score (nSPS) is 12.2. The van der Waals surface area contributed by atoms with Crippen LogP contribution in [0.25, 0.3) is 0 Å². The molecule has 1 aliphatic heterocycles. The van der Waals surface area contributed by atoms with Gasteiger partial charge in [-0.15, -0.1) is 0 Å². The highest BCUT2D eigenvalue weighted by Crippen LogP contribution is 2.34. The standard InChI is InChI=1S/C16H12O4/c1-10-7-13-14(20-9-19-13)8-12(10)16(18)15(17)11-5-3-2-4-6-11/h2-8H,9H2,1H3. The minimum atomic E-state index is -0.535. The van der Waals surface area contributed by atoms with Crippen molar-refractivity contribution in [3.63, 3.8) is 0 Å². The minimum Gasteiger partial charge on any atom is -0.454 e. The SMILES string of the molecule is Cc1cc2c(cc1C(=O)C(=O)c1ccccc1)OCO2. The zero-order chi connectivity index (χ0) is 14.1. The molecule has 0 saturated carbocycles. The minimum absolute atomic E-state index is 0.138. The molecule has 100 valence electrons. The maximum atomic E-state index is 12.3.